The predicted molar refractivity (Wildman–Crippen MR) is 49.3 cm³/mol. The minimum Gasteiger partial charge on any atom is -0.431 e. The Kier molecular flexibility index (Phi) is 4.06. The molecule has 0 aliphatic heterocycles. The SMILES string of the molecule is C[CH][C@@H](C)OC(=O)OC1CCCC1. The molecule has 0 unspecified atom stereocenters. The van der Waals surface area contributed by atoms with Crippen molar-refractivity contribution in [3.8, 4) is 0 Å². The summed E-state index contributed by atoms with van der Waals surface area (Å²) in [5.41, 5.74) is 0. The quantitative estimate of drug-likeness (QED) is 0.634. The fourth-order valence-electron chi connectivity index (χ4n) is 1.39. The van der Waals surface area contributed by atoms with Gasteiger partial charge in [0.2, 0.25) is 0 Å². The fourth-order valence-corrected chi connectivity index (χ4v) is 1.39. The summed E-state index contributed by atoms with van der Waals surface area (Å²) in [7, 11) is 0. The smallest absolute Gasteiger partial charge is 0.431 e. The van der Waals surface area contributed by atoms with Crippen molar-refractivity contribution in [2.24, 2.45) is 0 Å². The van der Waals surface area contributed by atoms with Gasteiger partial charge in [-0.2, -0.15) is 0 Å². The maximum Gasteiger partial charge on any atom is 0.508 e. The lowest BCUT2D eigenvalue weighted by molar-refractivity contribution is 0.0119. The van der Waals surface area contributed by atoms with Gasteiger partial charge in [0.1, 0.15) is 12.2 Å². The number of hydrogen-bond donors (Lipinski definition) is 0. The highest BCUT2D eigenvalue weighted by atomic mass is 16.7. The third-order valence-corrected chi connectivity index (χ3v) is 2.32. The van der Waals surface area contributed by atoms with Gasteiger partial charge < -0.3 is 9.47 Å². The van der Waals surface area contributed by atoms with Crippen molar-refractivity contribution in [1.82, 2.24) is 0 Å². The zero-order chi connectivity index (χ0) is 9.68. The average Bonchev–Trinajstić information content (AvgIpc) is 2.56. The van der Waals surface area contributed by atoms with Crippen molar-refractivity contribution >= 4 is 6.16 Å². The summed E-state index contributed by atoms with van der Waals surface area (Å²) < 4.78 is 10.0. The molecular weight excluding hydrogens is 168 g/mol. The molecule has 1 saturated carbocycles. The van der Waals surface area contributed by atoms with Crippen LogP contribution >= 0.6 is 0 Å². The van der Waals surface area contributed by atoms with Gasteiger partial charge >= 0.3 is 6.16 Å². The molecule has 1 radical (unpaired) electrons. The van der Waals surface area contributed by atoms with Gasteiger partial charge in [-0.15, -0.1) is 0 Å². The van der Waals surface area contributed by atoms with E-state index in [4.69, 9.17) is 9.47 Å². The molecule has 0 spiro atoms. The van der Waals surface area contributed by atoms with Crippen LogP contribution in [0.15, 0.2) is 0 Å². The molecule has 0 bridgehead atoms. The summed E-state index contributed by atoms with van der Waals surface area (Å²) >= 11 is 0. The highest BCUT2D eigenvalue weighted by Gasteiger charge is 2.20. The van der Waals surface area contributed by atoms with Crippen LogP contribution < -0.4 is 0 Å². The lowest BCUT2D eigenvalue weighted by Gasteiger charge is -2.14. The fraction of sp³-hybridized carbons (Fsp3) is 0.800. The maximum atomic E-state index is 11.1. The Labute approximate surface area is 79.4 Å². The Balaban J connectivity index is 2.16. The zero-order valence-corrected chi connectivity index (χ0v) is 8.29. The van der Waals surface area contributed by atoms with Gasteiger partial charge in [-0.25, -0.2) is 4.79 Å². The first kappa shape index (κ1) is 10.4. The van der Waals surface area contributed by atoms with Crippen LogP contribution in [0.5, 0.6) is 0 Å². The Morgan fingerprint density at radius 1 is 1.46 bits per heavy atom. The van der Waals surface area contributed by atoms with Crippen molar-refractivity contribution in [3.63, 3.8) is 0 Å². The standard InChI is InChI=1S/C10H17O3/c1-3-8(2)12-10(11)13-9-6-4-5-7-9/h3,8-9H,4-7H2,1-2H3/t8-/m1/s1. The molecule has 0 heterocycles. The highest BCUT2D eigenvalue weighted by Crippen LogP contribution is 2.21. The van der Waals surface area contributed by atoms with Crippen LogP contribution in [-0.2, 0) is 9.47 Å². The van der Waals surface area contributed by atoms with E-state index in [1.165, 1.54) is 0 Å². The number of carbonyl (C=O) groups is 1. The van der Waals surface area contributed by atoms with E-state index in [0.717, 1.165) is 25.7 Å². The van der Waals surface area contributed by atoms with Crippen LogP contribution in [0.1, 0.15) is 39.5 Å². The molecule has 1 fully saturated rings. The first-order chi connectivity index (χ1) is 6.22. The van der Waals surface area contributed by atoms with Gasteiger partial charge in [0.15, 0.2) is 0 Å². The Morgan fingerprint density at radius 2 is 2.08 bits per heavy atom. The number of rotatable bonds is 3. The van der Waals surface area contributed by atoms with Crippen molar-refractivity contribution < 1.29 is 14.3 Å². The van der Waals surface area contributed by atoms with Gasteiger partial charge in [-0.3, -0.25) is 0 Å². The molecule has 1 rings (SSSR count). The summed E-state index contributed by atoms with van der Waals surface area (Å²) in [5, 5.41) is 0. The third-order valence-electron chi connectivity index (χ3n) is 2.32. The molecule has 0 aromatic rings. The van der Waals surface area contributed by atoms with E-state index in [9.17, 15) is 4.79 Å². The predicted octanol–water partition coefficient (Wildman–Crippen LogP) is 2.69. The summed E-state index contributed by atoms with van der Waals surface area (Å²) in [4.78, 5) is 11.1. The van der Waals surface area contributed by atoms with Gasteiger partial charge in [-0.05, 0) is 39.0 Å². The molecule has 0 aromatic carbocycles. The molecule has 0 N–H and O–H groups in total. The molecule has 0 aromatic heterocycles. The molecule has 1 atom stereocenters. The summed E-state index contributed by atoms with van der Waals surface area (Å²) in [6.07, 6.45) is 5.51. The van der Waals surface area contributed by atoms with E-state index in [0.29, 0.717) is 0 Å². The summed E-state index contributed by atoms with van der Waals surface area (Å²) in [5.74, 6) is 0. The number of hydrogen-bond acceptors (Lipinski definition) is 3. The minimum absolute atomic E-state index is 0.0940. The van der Waals surface area contributed by atoms with Crippen LogP contribution in [0.4, 0.5) is 4.79 Å². The third kappa shape index (κ3) is 3.66. The Bertz CT molecular complexity index is 162. The van der Waals surface area contributed by atoms with Crippen LogP contribution in [-0.4, -0.2) is 18.4 Å². The topological polar surface area (TPSA) is 35.5 Å². The normalized spacial score (nSPS) is 19.8. The van der Waals surface area contributed by atoms with E-state index >= 15 is 0 Å². The second-order valence-electron chi connectivity index (χ2n) is 3.43. The summed E-state index contributed by atoms with van der Waals surface area (Å²) in [6.45, 7) is 3.67. The van der Waals surface area contributed by atoms with Crippen molar-refractivity contribution in [1.29, 1.82) is 0 Å². The van der Waals surface area contributed by atoms with E-state index in [2.05, 4.69) is 0 Å². The van der Waals surface area contributed by atoms with Crippen LogP contribution in [0.2, 0.25) is 0 Å². The van der Waals surface area contributed by atoms with E-state index in [1.807, 2.05) is 20.3 Å². The van der Waals surface area contributed by atoms with Gasteiger partial charge in [0.05, 0.1) is 0 Å². The van der Waals surface area contributed by atoms with Crippen molar-refractivity contribution in [2.45, 2.75) is 51.7 Å². The molecule has 1 aliphatic rings. The van der Waals surface area contributed by atoms with E-state index in [-0.39, 0.29) is 12.2 Å². The zero-order valence-electron chi connectivity index (χ0n) is 8.29. The van der Waals surface area contributed by atoms with Gasteiger partial charge in [-0.1, -0.05) is 6.92 Å². The summed E-state index contributed by atoms with van der Waals surface area (Å²) in [6, 6.07) is 0. The van der Waals surface area contributed by atoms with Crippen molar-refractivity contribution in [3.05, 3.63) is 6.42 Å². The second kappa shape index (κ2) is 5.10. The highest BCUT2D eigenvalue weighted by molar-refractivity contribution is 5.60. The lowest BCUT2D eigenvalue weighted by atomic mass is 10.3. The van der Waals surface area contributed by atoms with Gasteiger partial charge in [0, 0.05) is 0 Å². The van der Waals surface area contributed by atoms with E-state index < -0.39 is 6.16 Å². The molecular formula is C10H17O3. The van der Waals surface area contributed by atoms with Gasteiger partial charge in [0.25, 0.3) is 0 Å². The molecule has 75 valence electrons. The number of ether oxygens (including phenoxy) is 2. The lowest BCUT2D eigenvalue weighted by Crippen LogP contribution is -2.20. The van der Waals surface area contributed by atoms with Crippen LogP contribution in [0.3, 0.4) is 0 Å². The molecule has 13 heavy (non-hydrogen) atoms. The largest absolute Gasteiger partial charge is 0.508 e. The molecule has 3 heteroatoms. The molecule has 0 amide bonds. The van der Waals surface area contributed by atoms with Crippen molar-refractivity contribution in [2.75, 3.05) is 0 Å². The van der Waals surface area contributed by atoms with Crippen LogP contribution in [0, 0.1) is 6.42 Å². The average molecular weight is 185 g/mol. The Morgan fingerprint density at radius 3 is 2.62 bits per heavy atom. The minimum atomic E-state index is -0.530. The molecule has 0 saturated heterocycles. The molecule has 3 nitrogen and oxygen atoms in total. The first-order valence-corrected chi connectivity index (χ1v) is 4.89. The van der Waals surface area contributed by atoms with Crippen LogP contribution in [0.25, 0.3) is 0 Å². The number of carbonyl (C=O) groups excluding carboxylic acids is 1. The van der Waals surface area contributed by atoms with E-state index in [1.54, 1.807) is 0 Å². The molecule has 1 aliphatic carbocycles. The second-order valence-corrected chi connectivity index (χ2v) is 3.43. The maximum absolute atomic E-state index is 11.1. The monoisotopic (exact) mass is 185 g/mol. The Hall–Kier alpha value is -0.730. The first-order valence-electron chi connectivity index (χ1n) is 4.89.